The number of rotatable bonds is 5. The van der Waals surface area contributed by atoms with Crippen molar-refractivity contribution < 1.29 is 23.8 Å². The van der Waals surface area contributed by atoms with Crippen LogP contribution in [0.25, 0.3) is 5.76 Å². The predicted octanol–water partition coefficient (Wildman–Crippen LogP) is 4.79. The van der Waals surface area contributed by atoms with Gasteiger partial charge in [-0.15, -0.1) is 0 Å². The number of aryl methyl sites for hydroxylation is 2. The average Bonchev–Trinajstić information content (AvgIpc) is 3.45. The van der Waals surface area contributed by atoms with Crippen LogP contribution in [0.1, 0.15) is 46.9 Å². The number of methoxy groups -OCH3 is 1. The molecule has 1 N–H and O–H groups in total. The van der Waals surface area contributed by atoms with Gasteiger partial charge >= 0.3 is 0 Å². The lowest BCUT2D eigenvalue weighted by molar-refractivity contribution is -0.140. The van der Waals surface area contributed by atoms with Gasteiger partial charge in [-0.3, -0.25) is 9.59 Å². The maximum absolute atomic E-state index is 13.2. The second-order valence-electron chi connectivity index (χ2n) is 8.47. The Bertz CT molecular complexity index is 1240. The molecule has 0 bridgehead atoms. The zero-order chi connectivity index (χ0) is 22.9. The van der Waals surface area contributed by atoms with Gasteiger partial charge in [0.05, 0.1) is 31.5 Å². The van der Waals surface area contributed by atoms with E-state index in [0.29, 0.717) is 22.6 Å². The number of carbonyl (C=O) groups is 2. The van der Waals surface area contributed by atoms with E-state index in [9.17, 15) is 14.7 Å². The third kappa shape index (κ3) is 3.82. The lowest BCUT2D eigenvalue weighted by Crippen LogP contribution is -2.29. The molecule has 6 nitrogen and oxygen atoms in total. The van der Waals surface area contributed by atoms with Gasteiger partial charge in [-0.05, 0) is 72.7 Å². The summed E-state index contributed by atoms with van der Waals surface area (Å²) in [6.07, 6.45) is 5.76. The first kappa shape index (κ1) is 21.1. The molecule has 1 atom stereocenters. The van der Waals surface area contributed by atoms with E-state index < -0.39 is 17.7 Å². The molecule has 168 valence electrons. The lowest BCUT2D eigenvalue weighted by atomic mass is 9.88. The SMILES string of the molecule is COc1cccc(C2/C(=C(/O)c3ccc4c(c3)CCCC4)C(=O)C(=O)N2Cc2ccco2)c1. The first-order valence-corrected chi connectivity index (χ1v) is 11.1. The van der Waals surface area contributed by atoms with Crippen molar-refractivity contribution in [1.82, 2.24) is 4.90 Å². The van der Waals surface area contributed by atoms with Gasteiger partial charge in [0, 0.05) is 5.56 Å². The molecule has 1 unspecified atom stereocenters. The van der Waals surface area contributed by atoms with Gasteiger partial charge in [0.2, 0.25) is 0 Å². The fraction of sp³-hybridized carbons (Fsp3) is 0.259. The highest BCUT2D eigenvalue weighted by Crippen LogP contribution is 2.41. The van der Waals surface area contributed by atoms with E-state index in [2.05, 4.69) is 0 Å². The smallest absolute Gasteiger partial charge is 0.296 e. The number of likely N-dealkylation sites (tertiary alicyclic amines) is 1. The summed E-state index contributed by atoms with van der Waals surface area (Å²) in [5.74, 6) is -0.372. The van der Waals surface area contributed by atoms with Gasteiger partial charge in [-0.25, -0.2) is 0 Å². The zero-order valence-electron chi connectivity index (χ0n) is 18.4. The Morgan fingerprint density at radius 3 is 2.64 bits per heavy atom. The number of fused-ring (bicyclic) bond motifs is 1. The molecule has 1 aromatic heterocycles. The number of carbonyl (C=O) groups excluding carboxylic acids is 2. The summed E-state index contributed by atoms with van der Waals surface area (Å²) in [4.78, 5) is 27.8. The predicted molar refractivity (Wildman–Crippen MR) is 123 cm³/mol. The van der Waals surface area contributed by atoms with E-state index in [0.717, 1.165) is 25.7 Å². The first-order chi connectivity index (χ1) is 16.1. The number of Topliss-reactive ketones (excluding diaryl/α,β-unsaturated/α-hetero) is 1. The van der Waals surface area contributed by atoms with E-state index in [1.54, 1.807) is 37.4 Å². The number of ether oxygens (including phenoxy) is 1. The van der Waals surface area contributed by atoms with Crippen LogP contribution in [0.5, 0.6) is 5.75 Å². The van der Waals surface area contributed by atoms with Gasteiger partial charge in [-0.1, -0.05) is 24.3 Å². The molecule has 1 amide bonds. The van der Waals surface area contributed by atoms with Crippen LogP contribution < -0.4 is 4.74 Å². The number of benzene rings is 2. The van der Waals surface area contributed by atoms with Crippen LogP contribution in [-0.4, -0.2) is 28.8 Å². The fourth-order valence-corrected chi connectivity index (χ4v) is 4.81. The second kappa shape index (κ2) is 8.62. The normalized spacial score (nSPS) is 19.5. The summed E-state index contributed by atoms with van der Waals surface area (Å²) in [5.41, 5.74) is 3.78. The molecule has 5 rings (SSSR count). The molecule has 3 aromatic rings. The maximum atomic E-state index is 13.2. The molecule has 2 heterocycles. The third-order valence-electron chi connectivity index (χ3n) is 6.48. The summed E-state index contributed by atoms with van der Waals surface area (Å²) >= 11 is 0. The van der Waals surface area contributed by atoms with Crippen LogP contribution in [0.15, 0.2) is 70.9 Å². The molecular formula is C27H25NO5. The van der Waals surface area contributed by atoms with Crippen molar-refractivity contribution in [2.45, 2.75) is 38.3 Å². The Kier molecular flexibility index (Phi) is 5.50. The summed E-state index contributed by atoms with van der Waals surface area (Å²) in [6.45, 7) is 0.112. The molecule has 0 radical (unpaired) electrons. The number of aliphatic hydroxyl groups excluding tert-OH is 1. The topological polar surface area (TPSA) is 80.0 Å². The van der Waals surface area contributed by atoms with Crippen molar-refractivity contribution in [1.29, 1.82) is 0 Å². The number of ketones is 1. The third-order valence-corrected chi connectivity index (χ3v) is 6.48. The van der Waals surface area contributed by atoms with E-state index in [1.807, 2.05) is 24.3 Å². The van der Waals surface area contributed by atoms with E-state index >= 15 is 0 Å². The van der Waals surface area contributed by atoms with Gasteiger partial charge in [-0.2, -0.15) is 0 Å². The molecule has 1 fully saturated rings. The first-order valence-electron chi connectivity index (χ1n) is 11.1. The summed E-state index contributed by atoms with van der Waals surface area (Å²) in [5, 5.41) is 11.3. The number of amides is 1. The number of hydrogen-bond donors (Lipinski definition) is 1. The van der Waals surface area contributed by atoms with Crippen LogP contribution in [0.2, 0.25) is 0 Å². The molecule has 2 aliphatic rings. The van der Waals surface area contributed by atoms with Gasteiger partial charge in [0.25, 0.3) is 11.7 Å². The van der Waals surface area contributed by atoms with Crippen LogP contribution in [-0.2, 0) is 29.0 Å². The molecule has 1 aliphatic carbocycles. The minimum absolute atomic E-state index is 0.0792. The van der Waals surface area contributed by atoms with Crippen LogP contribution >= 0.6 is 0 Å². The molecule has 1 aliphatic heterocycles. The molecule has 6 heteroatoms. The van der Waals surface area contributed by atoms with E-state index in [4.69, 9.17) is 9.15 Å². The van der Waals surface area contributed by atoms with E-state index in [1.165, 1.54) is 22.3 Å². The zero-order valence-corrected chi connectivity index (χ0v) is 18.4. The van der Waals surface area contributed by atoms with Gasteiger partial charge in [0.1, 0.15) is 17.3 Å². The molecular weight excluding hydrogens is 418 g/mol. The van der Waals surface area contributed by atoms with Gasteiger partial charge < -0.3 is 19.2 Å². The molecule has 1 saturated heterocycles. The largest absolute Gasteiger partial charge is 0.507 e. The fourth-order valence-electron chi connectivity index (χ4n) is 4.81. The summed E-state index contributed by atoms with van der Waals surface area (Å²) in [7, 11) is 1.56. The molecule has 0 saturated carbocycles. The lowest BCUT2D eigenvalue weighted by Gasteiger charge is -2.25. The van der Waals surface area contributed by atoms with Crippen LogP contribution in [0.3, 0.4) is 0 Å². The summed E-state index contributed by atoms with van der Waals surface area (Å²) < 4.78 is 10.8. The average molecular weight is 443 g/mol. The number of furan rings is 1. The highest BCUT2D eigenvalue weighted by Gasteiger charge is 2.46. The van der Waals surface area contributed by atoms with Crippen LogP contribution in [0, 0.1) is 0 Å². The van der Waals surface area contributed by atoms with Crippen molar-refractivity contribution in [2.75, 3.05) is 7.11 Å². The Balaban J connectivity index is 1.64. The van der Waals surface area contributed by atoms with Crippen molar-refractivity contribution in [3.8, 4) is 5.75 Å². The Labute approximate surface area is 192 Å². The molecule has 0 spiro atoms. The quantitative estimate of drug-likeness (QED) is 0.348. The van der Waals surface area contributed by atoms with E-state index in [-0.39, 0.29) is 17.9 Å². The number of nitrogens with zero attached hydrogens (tertiary/aromatic N) is 1. The second-order valence-corrected chi connectivity index (χ2v) is 8.47. The molecule has 2 aromatic carbocycles. The highest BCUT2D eigenvalue weighted by molar-refractivity contribution is 6.46. The van der Waals surface area contributed by atoms with Gasteiger partial charge in [0.15, 0.2) is 0 Å². The number of hydrogen-bond acceptors (Lipinski definition) is 5. The summed E-state index contributed by atoms with van der Waals surface area (Å²) in [6, 6.07) is 15.7. The van der Waals surface area contributed by atoms with Crippen molar-refractivity contribution in [3.05, 3.63) is 94.4 Å². The minimum atomic E-state index is -0.763. The number of aliphatic hydroxyl groups is 1. The minimum Gasteiger partial charge on any atom is -0.507 e. The van der Waals surface area contributed by atoms with Crippen molar-refractivity contribution in [3.63, 3.8) is 0 Å². The Morgan fingerprint density at radius 1 is 1.06 bits per heavy atom. The Hall–Kier alpha value is -3.80. The van der Waals surface area contributed by atoms with Crippen LogP contribution in [0.4, 0.5) is 0 Å². The molecule has 33 heavy (non-hydrogen) atoms. The standard InChI is InChI=1S/C27H25NO5/c1-32-21-9-4-8-19(15-21)24-23(26(30)27(31)28(24)16-22-10-5-13-33-22)25(29)20-12-11-17-6-2-3-7-18(17)14-20/h4-5,8-15,24,29H,2-3,6-7,16H2,1H3/b25-23-. The Morgan fingerprint density at radius 2 is 1.88 bits per heavy atom. The highest BCUT2D eigenvalue weighted by atomic mass is 16.5. The van der Waals surface area contributed by atoms with Crippen molar-refractivity contribution in [2.24, 2.45) is 0 Å². The monoisotopic (exact) mass is 443 g/mol. The maximum Gasteiger partial charge on any atom is 0.296 e. The van der Waals surface area contributed by atoms with Crippen molar-refractivity contribution >= 4 is 17.4 Å².